The summed E-state index contributed by atoms with van der Waals surface area (Å²) in [7, 11) is 0. The zero-order chi connectivity index (χ0) is 12.6. The third kappa shape index (κ3) is 5.47. The fourth-order valence-electron chi connectivity index (χ4n) is 0.824. The molecule has 0 aromatic rings. The average Bonchev–Trinajstić information content (AvgIpc) is 2.27. The van der Waals surface area contributed by atoms with Gasteiger partial charge in [-0.3, -0.25) is 10.0 Å². The van der Waals surface area contributed by atoms with Crippen LogP contribution in [0.15, 0.2) is 12.2 Å². The van der Waals surface area contributed by atoms with Crippen molar-refractivity contribution in [1.82, 2.24) is 10.5 Å². The van der Waals surface area contributed by atoms with Gasteiger partial charge in [-0.05, 0) is 24.6 Å². The lowest BCUT2D eigenvalue weighted by Crippen LogP contribution is -2.35. The zero-order valence-corrected chi connectivity index (χ0v) is 9.65. The number of rotatable bonds is 6. The molecule has 0 saturated carbocycles. The number of carbonyl (C=O) groups excluding carboxylic acids is 2. The molecule has 0 aliphatic rings. The quantitative estimate of drug-likeness (QED) is 0.303. The Kier molecular flexibility index (Phi) is 7.15. The van der Waals surface area contributed by atoms with E-state index >= 15 is 0 Å². The molecule has 0 fully saturated rings. The Labute approximate surface area is 94.8 Å². The van der Waals surface area contributed by atoms with Gasteiger partial charge in [-0.1, -0.05) is 20.4 Å². The van der Waals surface area contributed by atoms with E-state index in [4.69, 9.17) is 5.21 Å². The monoisotopic (exact) mass is 230 g/mol. The van der Waals surface area contributed by atoms with Gasteiger partial charge in [0.15, 0.2) is 0 Å². The molecular formula is C10H18N2O4. The second kappa shape index (κ2) is 7.84. The van der Waals surface area contributed by atoms with E-state index in [2.05, 4.69) is 16.7 Å². The number of nitrogens with zero attached hydrogens (tertiary/aromatic N) is 1. The number of hydrogen-bond donors (Lipinski definition) is 2. The maximum atomic E-state index is 11.2. The number of nitrogens with one attached hydrogen (secondary N) is 1. The van der Waals surface area contributed by atoms with Gasteiger partial charge in [0.1, 0.15) is 0 Å². The van der Waals surface area contributed by atoms with Gasteiger partial charge in [0, 0.05) is 5.57 Å². The summed E-state index contributed by atoms with van der Waals surface area (Å²) in [5, 5.41) is 11.8. The van der Waals surface area contributed by atoms with E-state index in [1.165, 1.54) is 0 Å². The Morgan fingerprint density at radius 1 is 1.44 bits per heavy atom. The van der Waals surface area contributed by atoms with Crippen molar-refractivity contribution in [3.05, 3.63) is 12.2 Å². The van der Waals surface area contributed by atoms with Crippen molar-refractivity contribution in [2.45, 2.75) is 26.7 Å². The third-order valence-corrected chi connectivity index (χ3v) is 1.79. The standard InChI is InChI=1S/C10H18N2O4/c1-4-6-11-7-9(13)16-12(15)10(14)8(3)5-2/h11,15H,3-7H2,1-2H3. The van der Waals surface area contributed by atoms with Crippen molar-refractivity contribution in [1.29, 1.82) is 0 Å². The molecule has 0 aliphatic carbocycles. The molecule has 6 nitrogen and oxygen atoms in total. The molecule has 0 heterocycles. The van der Waals surface area contributed by atoms with E-state index in [0.717, 1.165) is 6.42 Å². The van der Waals surface area contributed by atoms with E-state index in [1.54, 1.807) is 6.92 Å². The van der Waals surface area contributed by atoms with Crippen molar-refractivity contribution >= 4 is 11.9 Å². The molecule has 16 heavy (non-hydrogen) atoms. The third-order valence-electron chi connectivity index (χ3n) is 1.79. The van der Waals surface area contributed by atoms with Crippen LogP contribution in [0, 0.1) is 0 Å². The maximum Gasteiger partial charge on any atom is 0.349 e. The lowest BCUT2D eigenvalue weighted by atomic mass is 10.2. The number of hydroxylamine groups is 2. The van der Waals surface area contributed by atoms with Crippen LogP contribution in [-0.4, -0.2) is 35.4 Å². The minimum atomic E-state index is -0.814. The van der Waals surface area contributed by atoms with Crippen molar-refractivity contribution in [2.24, 2.45) is 0 Å². The summed E-state index contributed by atoms with van der Waals surface area (Å²) in [5.74, 6) is -1.54. The fourth-order valence-corrected chi connectivity index (χ4v) is 0.824. The van der Waals surface area contributed by atoms with E-state index in [9.17, 15) is 9.59 Å². The molecule has 92 valence electrons. The van der Waals surface area contributed by atoms with E-state index < -0.39 is 11.9 Å². The molecule has 0 atom stereocenters. The van der Waals surface area contributed by atoms with Gasteiger partial charge in [0.25, 0.3) is 0 Å². The van der Waals surface area contributed by atoms with E-state index in [1.807, 2.05) is 6.92 Å². The topological polar surface area (TPSA) is 78.9 Å². The van der Waals surface area contributed by atoms with Crippen LogP contribution in [0.2, 0.25) is 0 Å². The lowest BCUT2D eigenvalue weighted by molar-refractivity contribution is -0.294. The number of hydrogen-bond acceptors (Lipinski definition) is 5. The molecule has 0 radical (unpaired) electrons. The molecule has 0 aromatic heterocycles. The Hall–Kier alpha value is -1.40. The molecule has 2 N–H and O–H groups in total. The fraction of sp³-hybridized carbons (Fsp3) is 0.600. The Morgan fingerprint density at radius 2 is 2.06 bits per heavy atom. The number of amides is 1. The van der Waals surface area contributed by atoms with Crippen molar-refractivity contribution in [3.8, 4) is 0 Å². The molecule has 0 rings (SSSR count). The van der Waals surface area contributed by atoms with Crippen LogP contribution in [0.3, 0.4) is 0 Å². The highest BCUT2D eigenvalue weighted by Gasteiger charge is 2.18. The molecule has 0 unspecified atom stereocenters. The maximum absolute atomic E-state index is 11.2. The second-order valence-corrected chi connectivity index (χ2v) is 3.18. The van der Waals surface area contributed by atoms with Crippen LogP contribution in [-0.2, 0) is 14.4 Å². The molecule has 0 spiro atoms. The predicted molar refractivity (Wildman–Crippen MR) is 57.3 cm³/mol. The molecule has 6 heteroatoms. The molecule has 0 saturated heterocycles. The van der Waals surface area contributed by atoms with Gasteiger partial charge in [0.05, 0.1) is 6.54 Å². The summed E-state index contributed by atoms with van der Waals surface area (Å²) in [6.45, 7) is 7.68. The first-order chi connectivity index (χ1) is 7.52. The summed E-state index contributed by atoms with van der Waals surface area (Å²) in [6, 6.07) is 0. The Morgan fingerprint density at radius 3 is 2.56 bits per heavy atom. The molecule has 0 bridgehead atoms. The largest absolute Gasteiger partial charge is 0.349 e. The highest BCUT2D eigenvalue weighted by molar-refractivity contribution is 5.91. The zero-order valence-electron chi connectivity index (χ0n) is 9.65. The summed E-state index contributed by atoms with van der Waals surface area (Å²) < 4.78 is 0. The van der Waals surface area contributed by atoms with E-state index in [0.29, 0.717) is 13.0 Å². The Balaban J connectivity index is 3.94. The van der Waals surface area contributed by atoms with Crippen molar-refractivity contribution < 1.29 is 19.6 Å². The van der Waals surface area contributed by atoms with Crippen LogP contribution in [0.25, 0.3) is 0 Å². The van der Waals surface area contributed by atoms with Crippen LogP contribution in [0.5, 0.6) is 0 Å². The SMILES string of the molecule is C=C(CC)C(=O)N(O)OC(=O)CNCCC. The lowest BCUT2D eigenvalue weighted by Gasteiger charge is -2.14. The van der Waals surface area contributed by atoms with Crippen molar-refractivity contribution in [2.75, 3.05) is 13.1 Å². The molecular weight excluding hydrogens is 212 g/mol. The average molecular weight is 230 g/mol. The van der Waals surface area contributed by atoms with Crippen LogP contribution in [0.4, 0.5) is 0 Å². The first-order valence-electron chi connectivity index (χ1n) is 5.15. The van der Waals surface area contributed by atoms with Gasteiger partial charge in [-0.25, -0.2) is 4.79 Å². The van der Waals surface area contributed by atoms with E-state index in [-0.39, 0.29) is 17.3 Å². The highest BCUT2D eigenvalue weighted by atomic mass is 16.9. The van der Waals surface area contributed by atoms with Crippen molar-refractivity contribution in [3.63, 3.8) is 0 Å². The smallest absolute Gasteiger partial charge is 0.310 e. The van der Waals surface area contributed by atoms with Crippen LogP contribution >= 0.6 is 0 Å². The first kappa shape index (κ1) is 14.6. The van der Waals surface area contributed by atoms with Crippen LogP contribution in [0.1, 0.15) is 26.7 Å². The second-order valence-electron chi connectivity index (χ2n) is 3.18. The van der Waals surface area contributed by atoms with Crippen LogP contribution < -0.4 is 5.32 Å². The van der Waals surface area contributed by atoms with Gasteiger partial charge in [-0.15, -0.1) is 0 Å². The molecule has 1 amide bonds. The normalized spacial score (nSPS) is 9.69. The summed E-state index contributed by atoms with van der Waals surface area (Å²) in [6.07, 6.45) is 1.25. The summed E-state index contributed by atoms with van der Waals surface area (Å²) in [4.78, 5) is 26.7. The summed E-state index contributed by atoms with van der Waals surface area (Å²) >= 11 is 0. The summed E-state index contributed by atoms with van der Waals surface area (Å²) in [5.41, 5.74) is 0.164. The number of carbonyl (C=O) groups is 2. The Bertz CT molecular complexity index is 266. The van der Waals surface area contributed by atoms with Gasteiger partial charge < -0.3 is 10.2 Å². The van der Waals surface area contributed by atoms with Gasteiger partial charge >= 0.3 is 11.9 Å². The molecule has 0 aliphatic heterocycles. The predicted octanol–water partition coefficient (Wildman–Crippen LogP) is 0.628. The first-order valence-corrected chi connectivity index (χ1v) is 5.15. The minimum absolute atomic E-state index is 0.0587. The van der Waals surface area contributed by atoms with Gasteiger partial charge in [-0.2, -0.15) is 0 Å². The molecule has 0 aromatic carbocycles. The minimum Gasteiger partial charge on any atom is -0.310 e. The van der Waals surface area contributed by atoms with Gasteiger partial charge in [0.2, 0.25) is 0 Å². The highest BCUT2D eigenvalue weighted by Crippen LogP contribution is 2.02.